The third-order valence-electron chi connectivity index (χ3n) is 2.25. The van der Waals surface area contributed by atoms with E-state index >= 15 is 0 Å². The first-order chi connectivity index (χ1) is 6.20. The van der Waals surface area contributed by atoms with Crippen LogP contribution in [0.4, 0.5) is 0 Å². The first-order valence-corrected chi connectivity index (χ1v) is 4.93. The molecule has 1 aliphatic carbocycles. The van der Waals surface area contributed by atoms with Gasteiger partial charge in [0.25, 0.3) is 0 Å². The van der Waals surface area contributed by atoms with Crippen LogP contribution in [0.5, 0.6) is 0 Å². The largest absolute Gasteiger partial charge is 0.481 e. The normalized spacial score (nSPS) is 25.5. The van der Waals surface area contributed by atoms with E-state index in [2.05, 4.69) is 0 Å². The summed E-state index contributed by atoms with van der Waals surface area (Å²) in [4.78, 5) is 22.0. The maximum Gasteiger partial charge on any atom is 0.307 e. The standard InChI is InChI=1S/C9H8O3S/c10-8(5-1-2-13-4-5)6-3-7(6)9(11)12/h1-2,4,6-7H,3H2,(H,11,12). The average Bonchev–Trinajstić information content (AvgIpc) is 2.72. The fourth-order valence-electron chi connectivity index (χ4n) is 1.38. The van der Waals surface area contributed by atoms with Crippen molar-refractivity contribution in [1.82, 2.24) is 0 Å². The third-order valence-corrected chi connectivity index (χ3v) is 2.93. The highest BCUT2D eigenvalue weighted by atomic mass is 32.1. The van der Waals surface area contributed by atoms with Crippen molar-refractivity contribution in [3.63, 3.8) is 0 Å². The van der Waals surface area contributed by atoms with Crippen molar-refractivity contribution < 1.29 is 14.7 Å². The molecule has 1 heterocycles. The maximum atomic E-state index is 11.5. The minimum absolute atomic E-state index is 0.0198. The summed E-state index contributed by atoms with van der Waals surface area (Å²) in [6, 6.07) is 1.74. The summed E-state index contributed by atoms with van der Waals surface area (Å²) in [7, 11) is 0. The molecule has 0 radical (unpaired) electrons. The Labute approximate surface area is 79.0 Å². The van der Waals surface area contributed by atoms with Gasteiger partial charge in [-0.1, -0.05) is 0 Å². The van der Waals surface area contributed by atoms with Crippen LogP contribution in [-0.4, -0.2) is 16.9 Å². The van der Waals surface area contributed by atoms with Crippen LogP contribution in [-0.2, 0) is 4.79 Å². The predicted octanol–water partition coefficient (Wildman–Crippen LogP) is 1.65. The van der Waals surface area contributed by atoms with Gasteiger partial charge >= 0.3 is 5.97 Å². The molecule has 1 aliphatic rings. The Hall–Kier alpha value is -1.16. The van der Waals surface area contributed by atoms with E-state index in [-0.39, 0.29) is 11.7 Å². The number of rotatable bonds is 3. The van der Waals surface area contributed by atoms with Crippen LogP contribution in [0.25, 0.3) is 0 Å². The molecule has 1 aromatic heterocycles. The molecule has 2 unspecified atom stereocenters. The molecule has 13 heavy (non-hydrogen) atoms. The van der Waals surface area contributed by atoms with E-state index in [1.54, 1.807) is 11.4 Å². The minimum Gasteiger partial charge on any atom is -0.481 e. The van der Waals surface area contributed by atoms with E-state index < -0.39 is 11.9 Å². The Balaban J connectivity index is 2.06. The number of carbonyl (C=O) groups excluding carboxylic acids is 1. The lowest BCUT2D eigenvalue weighted by Gasteiger charge is -1.92. The quantitative estimate of drug-likeness (QED) is 0.748. The number of thiophene rings is 1. The van der Waals surface area contributed by atoms with E-state index in [1.807, 2.05) is 5.38 Å². The van der Waals surface area contributed by atoms with Crippen molar-refractivity contribution in [3.8, 4) is 0 Å². The van der Waals surface area contributed by atoms with Crippen LogP contribution in [0.1, 0.15) is 16.8 Å². The molecule has 68 valence electrons. The third kappa shape index (κ3) is 1.49. The lowest BCUT2D eigenvalue weighted by atomic mass is 10.1. The summed E-state index contributed by atoms with van der Waals surface area (Å²) in [5, 5.41) is 12.2. The molecule has 0 aliphatic heterocycles. The first-order valence-electron chi connectivity index (χ1n) is 3.99. The van der Waals surface area contributed by atoms with Gasteiger partial charge in [-0.3, -0.25) is 9.59 Å². The molecule has 0 spiro atoms. The van der Waals surface area contributed by atoms with Gasteiger partial charge in [-0.2, -0.15) is 11.3 Å². The number of hydrogen-bond acceptors (Lipinski definition) is 3. The Morgan fingerprint density at radius 3 is 2.69 bits per heavy atom. The molecule has 2 rings (SSSR count). The van der Waals surface area contributed by atoms with E-state index in [1.165, 1.54) is 11.3 Å². The van der Waals surface area contributed by atoms with Gasteiger partial charge in [0, 0.05) is 16.9 Å². The highest BCUT2D eigenvalue weighted by molar-refractivity contribution is 7.08. The number of carboxylic acid groups (broad SMARTS) is 1. The lowest BCUT2D eigenvalue weighted by molar-refractivity contribution is -0.138. The molecule has 0 bridgehead atoms. The molecule has 0 saturated heterocycles. The van der Waals surface area contributed by atoms with Crippen molar-refractivity contribution in [1.29, 1.82) is 0 Å². The van der Waals surface area contributed by atoms with Gasteiger partial charge in [-0.15, -0.1) is 0 Å². The number of hydrogen-bond donors (Lipinski definition) is 1. The second-order valence-electron chi connectivity index (χ2n) is 3.16. The topological polar surface area (TPSA) is 54.4 Å². The van der Waals surface area contributed by atoms with Gasteiger partial charge in [0.1, 0.15) is 0 Å². The summed E-state index contributed by atoms with van der Waals surface area (Å²) in [5.41, 5.74) is 0.652. The van der Waals surface area contributed by atoms with Crippen molar-refractivity contribution in [2.75, 3.05) is 0 Å². The molecule has 1 saturated carbocycles. The average molecular weight is 196 g/mol. The molecule has 1 N–H and O–H groups in total. The number of Topliss-reactive ketones (excluding diaryl/α,β-unsaturated/α-hetero) is 1. The number of aliphatic carboxylic acids is 1. The van der Waals surface area contributed by atoms with Gasteiger partial charge in [0.15, 0.2) is 5.78 Å². The molecule has 0 aromatic carbocycles. The van der Waals surface area contributed by atoms with E-state index in [0.29, 0.717) is 12.0 Å². The van der Waals surface area contributed by atoms with E-state index in [0.717, 1.165) is 0 Å². The predicted molar refractivity (Wildman–Crippen MR) is 47.9 cm³/mol. The number of ketones is 1. The maximum absolute atomic E-state index is 11.5. The summed E-state index contributed by atoms with van der Waals surface area (Å²) >= 11 is 1.45. The van der Waals surface area contributed by atoms with Crippen LogP contribution in [0, 0.1) is 11.8 Å². The van der Waals surface area contributed by atoms with Crippen molar-refractivity contribution in [3.05, 3.63) is 22.4 Å². The smallest absolute Gasteiger partial charge is 0.307 e. The van der Waals surface area contributed by atoms with Crippen molar-refractivity contribution in [2.24, 2.45) is 11.8 Å². The van der Waals surface area contributed by atoms with Gasteiger partial charge < -0.3 is 5.11 Å². The van der Waals surface area contributed by atoms with Crippen LogP contribution in [0.15, 0.2) is 16.8 Å². The molecule has 2 atom stereocenters. The van der Waals surface area contributed by atoms with Gasteiger partial charge in [-0.25, -0.2) is 0 Å². The highest BCUT2D eigenvalue weighted by Crippen LogP contribution is 2.41. The number of carboxylic acids is 1. The van der Waals surface area contributed by atoms with Gasteiger partial charge in [0.2, 0.25) is 0 Å². The molecule has 1 fully saturated rings. The number of carbonyl (C=O) groups is 2. The molecule has 0 amide bonds. The SMILES string of the molecule is O=C(O)C1CC1C(=O)c1ccsc1. The minimum atomic E-state index is -0.853. The summed E-state index contributed by atoms with van der Waals surface area (Å²) in [5.74, 6) is -1.58. The fourth-order valence-corrected chi connectivity index (χ4v) is 2.02. The summed E-state index contributed by atoms with van der Waals surface area (Å²) in [6.07, 6.45) is 0.504. The summed E-state index contributed by atoms with van der Waals surface area (Å²) in [6.45, 7) is 0. The lowest BCUT2D eigenvalue weighted by Crippen LogP contribution is -2.07. The highest BCUT2D eigenvalue weighted by Gasteiger charge is 2.48. The van der Waals surface area contributed by atoms with Crippen LogP contribution in [0.3, 0.4) is 0 Å². The van der Waals surface area contributed by atoms with Crippen molar-refractivity contribution in [2.45, 2.75) is 6.42 Å². The second-order valence-corrected chi connectivity index (χ2v) is 3.94. The second kappa shape index (κ2) is 2.96. The molecule has 1 aromatic rings. The molecular formula is C9H8O3S. The zero-order valence-electron chi connectivity index (χ0n) is 6.77. The van der Waals surface area contributed by atoms with Gasteiger partial charge in [-0.05, 0) is 17.9 Å². The Morgan fingerprint density at radius 1 is 1.46 bits per heavy atom. The zero-order valence-corrected chi connectivity index (χ0v) is 7.58. The van der Waals surface area contributed by atoms with E-state index in [4.69, 9.17) is 5.11 Å². The Morgan fingerprint density at radius 2 is 2.23 bits per heavy atom. The Bertz CT molecular complexity index is 342. The zero-order chi connectivity index (χ0) is 9.42. The van der Waals surface area contributed by atoms with Gasteiger partial charge in [0.05, 0.1) is 5.92 Å². The van der Waals surface area contributed by atoms with E-state index in [9.17, 15) is 9.59 Å². The van der Waals surface area contributed by atoms with Crippen molar-refractivity contribution >= 4 is 23.1 Å². The van der Waals surface area contributed by atoms with Crippen LogP contribution >= 0.6 is 11.3 Å². The van der Waals surface area contributed by atoms with Crippen LogP contribution in [0.2, 0.25) is 0 Å². The van der Waals surface area contributed by atoms with Crippen LogP contribution < -0.4 is 0 Å². The molecular weight excluding hydrogens is 188 g/mol. The monoisotopic (exact) mass is 196 g/mol. The summed E-state index contributed by atoms with van der Waals surface area (Å²) < 4.78 is 0. The Kier molecular flexibility index (Phi) is 1.92. The first kappa shape index (κ1) is 8.44. The molecule has 4 heteroatoms. The fraction of sp³-hybridized carbons (Fsp3) is 0.333. The molecule has 3 nitrogen and oxygen atoms in total.